The first-order chi connectivity index (χ1) is 8.40. The molecule has 1 fully saturated rings. The average molecular weight is 229 g/mol. The minimum atomic E-state index is 0.619. The van der Waals surface area contributed by atoms with E-state index in [0.29, 0.717) is 6.04 Å². The highest BCUT2D eigenvalue weighted by molar-refractivity contribution is 5.44. The van der Waals surface area contributed by atoms with Crippen LogP contribution in [0.1, 0.15) is 19.8 Å². The maximum atomic E-state index is 4.05. The fraction of sp³-hybridized carbons (Fsp3) is 0.500. The van der Waals surface area contributed by atoms with Crippen LogP contribution in [-0.2, 0) is 0 Å². The first-order valence-electron chi connectivity index (χ1n) is 6.18. The Bertz CT molecular complexity index is 383. The summed E-state index contributed by atoms with van der Waals surface area (Å²) in [4.78, 5) is 6.47. The Balaban J connectivity index is 1.79. The van der Waals surface area contributed by atoms with E-state index in [1.165, 1.54) is 18.5 Å². The molecular weight excluding hydrogens is 210 g/mol. The van der Waals surface area contributed by atoms with Crippen molar-refractivity contribution in [3.8, 4) is 11.8 Å². The van der Waals surface area contributed by atoms with E-state index < -0.39 is 0 Å². The molecule has 0 bridgehead atoms. The molecule has 0 aliphatic carbocycles. The van der Waals surface area contributed by atoms with Gasteiger partial charge in [-0.05, 0) is 31.9 Å². The molecule has 0 atom stereocenters. The zero-order valence-electron chi connectivity index (χ0n) is 10.3. The Kier molecular flexibility index (Phi) is 4.40. The van der Waals surface area contributed by atoms with Crippen molar-refractivity contribution in [1.82, 2.24) is 10.3 Å². The number of pyridine rings is 1. The van der Waals surface area contributed by atoms with E-state index in [1.807, 2.05) is 19.3 Å². The molecule has 1 aliphatic rings. The topological polar surface area (TPSA) is 28.2 Å². The summed E-state index contributed by atoms with van der Waals surface area (Å²) in [5.74, 6) is 5.97. The highest BCUT2D eigenvalue weighted by Gasteiger charge is 2.18. The zero-order chi connectivity index (χ0) is 11.9. The summed E-state index contributed by atoms with van der Waals surface area (Å²) in [6, 6.07) is 4.78. The molecule has 0 saturated carbocycles. The van der Waals surface area contributed by atoms with Crippen molar-refractivity contribution in [2.75, 3.05) is 24.5 Å². The Morgan fingerprint density at radius 3 is 2.71 bits per heavy atom. The van der Waals surface area contributed by atoms with Gasteiger partial charge in [0.15, 0.2) is 0 Å². The number of anilines is 1. The van der Waals surface area contributed by atoms with Gasteiger partial charge in [-0.2, -0.15) is 0 Å². The van der Waals surface area contributed by atoms with Gasteiger partial charge in [-0.1, -0.05) is 5.92 Å². The molecule has 17 heavy (non-hydrogen) atoms. The average Bonchev–Trinajstić information content (AvgIpc) is 2.41. The molecule has 2 heterocycles. The molecule has 0 amide bonds. The first-order valence-corrected chi connectivity index (χ1v) is 6.18. The quantitative estimate of drug-likeness (QED) is 0.799. The van der Waals surface area contributed by atoms with Gasteiger partial charge in [0.05, 0.1) is 6.54 Å². The molecular formula is C14H19N3. The molecule has 1 N–H and O–H groups in total. The fourth-order valence-electron chi connectivity index (χ4n) is 2.18. The van der Waals surface area contributed by atoms with Crippen molar-refractivity contribution >= 4 is 5.69 Å². The minimum absolute atomic E-state index is 0.619. The van der Waals surface area contributed by atoms with Crippen molar-refractivity contribution < 1.29 is 0 Å². The van der Waals surface area contributed by atoms with E-state index >= 15 is 0 Å². The van der Waals surface area contributed by atoms with Gasteiger partial charge in [0, 0.05) is 37.2 Å². The number of hydrogen-bond acceptors (Lipinski definition) is 3. The lowest BCUT2D eigenvalue weighted by molar-refractivity contribution is 0.432. The van der Waals surface area contributed by atoms with Crippen LogP contribution in [0.25, 0.3) is 0 Å². The molecule has 0 radical (unpaired) electrons. The number of aromatic nitrogens is 1. The van der Waals surface area contributed by atoms with Crippen LogP contribution in [0.2, 0.25) is 0 Å². The van der Waals surface area contributed by atoms with Crippen molar-refractivity contribution in [3.63, 3.8) is 0 Å². The van der Waals surface area contributed by atoms with Crippen LogP contribution in [0.4, 0.5) is 5.69 Å². The summed E-state index contributed by atoms with van der Waals surface area (Å²) in [5, 5.41) is 3.48. The van der Waals surface area contributed by atoms with Crippen LogP contribution in [-0.4, -0.2) is 30.7 Å². The van der Waals surface area contributed by atoms with Crippen LogP contribution < -0.4 is 10.2 Å². The molecule has 0 unspecified atom stereocenters. The maximum absolute atomic E-state index is 4.05. The highest BCUT2D eigenvalue weighted by atomic mass is 15.1. The number of rotatable bonds is 3. The standard InChI is InChI=1S/C14H19N3/c1-2-3-8-16-13-6-11-17(12-7-13)14-4-9-15-10-5-14/h4-5,9-10,13,16H,6-8,11-12H2,1H3. The third kappa shape index (κ3) is 3.47. The van der Waals surface area contributed by atoms with Crippen molar-refractivity contribution in [2.45, 2.75) is 25.8 Å². The highest BCUT2D eigenvalue weighted by Crippen LogP contribution is 2.18. The van der Waals surface area contributed by atoms with Gasteiger partial charge in [-0.25, -0.2) is 0 Å². The van der Waals surface area contributed by atoms with Crippen molar-refractivity contribution in [3.05, 3.63) is 24.5 Å². The second-order valence-electron chi connectivity index (χ2n) is 4.27. The van der Waals surface area contributed by atoms with E-state index in [1.54, 1.807) is 0 Å². The summed E-state index contributed by atoms with van der Waals surface area (Å²) < 4.78 is 0. The minimum Gasteiger partial charge on any atom is -0.371 e. The second-order valence-corrected chi connectivity index (χ2v) is 4.27. The zero-order valence-corrected chi connectivity index (χ0v) is 10.3. The molecule has 0 aromatic carbocycles. The van der Waals surface area contributed by atoms with Crippen molar-refractivity contribution in [1.29, 1.82) is 0 Å². The third-order valence-corrected chi connectivity index (χ3v) is 3.18. The number of hydrogen-bond donors (Lipinski definition) is 1. The van der Waals surface area contributed by atoms with Gasteiger partial charge < -0.3 is 10.2 Å². The summed E-state index contributed by atoms with van der Waals surface area (Å²) >= 11 is 0. The lowest BCUT2D eigenvalue weighted by atomic mass is 10.0. The maximum Gasteiger partial charge on any atom is 0.0578 e. The molecule has 1 aromatic rings. The van der Waals surface area contributed by atoms with Gasteiger partial charge >= 0.3 is 0 Å². The summed E-state index contributed by atoms with van der Waals surface area (Å²) in [7, 11) is 0. The lowest BCUT2D eigenvalue weighted by Crippen LogP contribution is -2.42. The van der Waals surface area contributed by atoms with Gasteiger partial charge in [0.1, 0.15) is 0 Å². The Labute approximate surface area is 103 Å². The van der Waals surface area contributed by atoms with E-state index in [0.717, 1.165) is 19.6 Å². The molecule has 1 aliphatic heterocycles. The molecule has 3 nitrogen and oxygen atoms in total. The van der Waals surface area contributed by atoms with E-state index in [9.17, 15) is 0 Å². The monoisotopic (exact) mass is 229 g/mol. The van der Waals surface area contributed by atoms with Crippen LogP contribution in [0.15, 0.2) is 24.5 Å². The molecule has 3 heteroatoms. The Hall–Kier alpha value is -1.53. The molecule has 1 saturated heterocycles. The lowest BCUT2D eigenvalue weighted by Gasteiger charge is -2.33. The molecule has 1 aromatic heterocycles. The van der Waals surface area contributed by atoms with Crippen LogP contribution in [0.3, 0.4) is 0 Å². The normalized spacial score (nSPS) is 16.4. The third-order valence-electron chi connectivity index (χ3n) is 3.18. The molecule has 90 valence electrons. The Morgan fingerprint density at radius 2 is 2.06 bits per heavy atom. The molecule has 2 rings (SSSR count). The number of nitrogens with one attached hydrogen (secondary N) is 1. The van der Waals surface area contributed by atoms with E-state index in [4.69, 9.17) is 0 Å². The van der Waals surface area contributed by atoms with Crippen LogP contribution in [0.5, 0.6) is 0 Å². The van der Waals surface area contributed by atoms with Gasteiger partial charge in [0.25, 0.3) is 0 Å². The van der Waals surface area contributed by atoms with E-state index in [-0.39, 0.29) is 0 Å². The number of nitrogens with zero attached hydrogens (tertiary/aromatic N) is 2. The number of piperidine rings is 1. The van der Waals surface area contributed by atoms with Crippen molar-refractivity contribution in [2.24, 2.45) is 0 Å². The second kappa shape index (κ2) is 6.27. The van der Waals surface area contributed by atoms with Gasteiger partial charge in [-0.3, -0.25) is 4.98 Å². The summed E-state index contributed by atoms with van der Waals surface area (Å²) in [5.41, 5.74) is 1.28. The largest absolute Gasteiger partial charge is 0.371 e. The predicted molar refractivity (Wildman–Crippen MR) is 70.9 cm³/mol. The summed E-state index contributed by atoms with van der Waals surface area (Å²) in [6.07, 6.45) is 6.09. The summed E-state index contributed by atoms with van der Waals surface area (Å²) in [6.45, 7) is 4.92. The fourth-order valence-corrected chi connectivity index (χ4v) is 2.18. The smallest absolute Gasteiger partial charge is 0.0578 e. The predicted octanol–water partition coefficient (Wildman–Crippen LogP) is 1.66. The van der Waals surface area contributed by atoms with Crippen LogP contribution in [0, 0.1) is 11.8 Å². The first kappa shape index (κ1) is 11.9. The van der Waals surface area contributed by atoms with Gasteiger partial charge in [0.2, 0.25) is 0 Å². The van der Waals surface area contributed by atoms with E-state index in [2.05, 4.69) is 39.2 Å². The SMILES string of the molecule is CC#CCNC1CCN(c2ccncc2)CC1. The van der Waals surface area contributed by atoms with Crippen LogP contribution >= 0.6 is 0 Å². The van der Waals surface area contributed by atoms with Gasteiger partial charge in [-0.15, -0.1) is 5.92 Å². The molecule has 0 spiro atoms. The Morgan fingerprint density at radius 1 is 1.35 bits per heavy atom.